The van der Waals surface area contributed by atoms with Gasteiger partial charge in [-0.15, -0.1) is 0 Å². The average molecular weight is 479 g/mol. The van der Waals surface area contributed by atoms with Crippen LogP contribution in [0, 0.1) is 6.92 Å². The number of amides is 1. The smallest absolute Gasteiger partial charge is 0.264 e. The Bertz CT molecular complexity index is 1290. The highest BCUT2D eigenvalue weighted by atomic mass is 32.2. The molecule has 0 radical (unpaired) electrons. The van der Waals surface area contributed by atoms with Gasteiger partial charge in [0.25, 0.3) is 15.9 Å². The number of carbonyl (C=O) groups excluding carboxylic acids is 1. The van der Waals surface area contributed by atoms with Crippen LogP contribution in [-0.2, 0) is 34.2 Å². The third kappa shape index (κ3) is 4.80. The van der Waals surface area contributed by atoms with E-state index in [0.717, 1.165) is 24.0 Å². The molecule has 0 saturated carbocycles. The number of rotatable bonds is 7. The van der Waals surface area contributed by atoms with Gasteiger partial charge >= 0.3 is 0 Å². The van der Waals surface area contributed by atoms with Crippen LogP contribution >= 0.6 is 0 Å². The highest BCUT2D eigenvalue weighted by molar-refractivity contribution is 7.92. The van der Waals surface area contributed by atoms with Crippen LogP contribution in [0.25, 0.3) is 0 Å². The highest BCUT2D eigenvalue weighted by Crippen LogP contribution is 2.37. The summed E-state index contributed by atoms with van der Waals surface area (Å²) < 4.78 is 34.3. The van der Waals surface area contributed by atoms with E-state index in [4.69, 9.17) is 4.74 Å². The Morgan fingerprint density at radius 2 is 1.76 bits per heavy atom. The summed E-state index contributed by atoms with van der Waals surface area (Å²) in [5.41, 5.74) is 4.80. The van der Waals surface area contributed by atoms with Crippen molar-refractivity contribution >= 4 is 21.6 Å². The lowest BCUT2D eigenvalue weighted by atomic mass is 10.0. The first-order chi connectivity index (χ1) is 16.3. The molecule has 34 heavy (non-hydrogen) atoms. The van der Waals surface area contributed by atoms with Gasteiger partial charge < -0.3 is 10.1 Å². The Kier molecular flexibility index (Phi) is 6.93. The minimum atomic E-state index is -3.87. The number of sulfonamides is 1. The first kappa shape index (κ1) is 23.8. The van der Waals surface area contributed by atoms with E-state index >= 15 is 0 Å². The van der Waals surface area contributed by atoms with E-state index in [0.29, 0.717) is 18.0 Å². The number of anilines is 1. The van der Waals surface area contributed by atoms with Crippen molar-refractivity contribution in [1.82, 2.24) is 5.32 Å². The van der Waals surface area contributed by atoms with E-state index in [2.05, 4.69) is 37.4 Å². The highest BCUT2D eigenvalue weighted by Gasteiger charge is 2.37. The van der Waals surface area contributed by atoms with Crippen molar-refractivity contribution in [3.63, 3.8) is 0 Å². The van der Waals surface area contributed by atoms with E-state index in [1.165, 1.54) is 15.4 Å². The van der Waals surface area contributed by atoms with Gasteiger partial charge in [0.05, 0.1) is 17.1 Å². The van der Waals surface area contributed by atoms with Crippen molar-refractivity contribution in [2.24, 2.45) is 0 Å². The zero-order valence-corrected chi connectivity index (χ0v) is 20.6. The maximum atomic E-state index is 13.5. The van der Waals surface area contributed by atoms with Crippen molar-refractivity contribution in [2.75, 3.05) is 10.8 Å². The second-order valence-corrected chi connectivity index (χ2v) is 10.3. The SMILES string of the molecule is CCc1ccc(CC)c(CNC(=O)[C@H]2CN(S(=O)(=O)c3ccccc3)c3cc(C)ccc3O2)c1. The molecule has 6 nitrogen and oxygen atoms in total. The molecule has 0 fully saturated rings. The fourth-order valence-corrected chi connectivity index (χ4v) is 5.64. The summed E-state index contributed by atoms with van der Waals surface area (Å²) in [5, 5.41) is 2.96. The monoisotopic (exact) mass is 478 g/mol. The third-order valence-electron chi connectivity index (χ3n) is 6.12. The van der Waals surface area contributed by atoms with Gasteiger partial charge in [-0.05, 0) is 66.3 Å². The minimum Gasteiger partial charge on any atom is -0.476 e. The normalized spacial score (nSPS) is 15.4. The molecule has 1 atom stereocenters. The Balaban J connectivity index is 1.60. The fourth-order valence-electron chi connectivity index (χ4n) is 4.15. The number of fused-ring (bicyclic) bond motifs is 1. The summed E-state index contributed by atoms with van der Waals surface area (Å²) in [5.74, 6) is 0.0298. The first-order valence-electron chi connectivity index (χ1n) is 11.6. The van der Waals surface area contributed by atoms with Crippen LogP contribution in [0.3, 0.4) is 0 Å². The molecule has 0 bridgehead atoms. The van der Waals surface area contributed by atoms with Crippen LogP contribution in [0.15, 0.2) is 71.6 Å². The zero-order valence-electron chi connectivity index (χ0n) is 19.7. The van der Waals surface area contributed by atoms with E-state index in [-0.39, 0.29) is 17.3 Å². The summed E-state index contributed by atoms with van der Waals surface area (Å²) in [7, 11) is -3.87. The maximum absolute atomic E-state index is 13.5. The number of nitrogens with one attached hydrogen (secondary N) is 1. The Labute approximate surface area is 201 Å². The molecule has 1 aliphatic rings. The number of ether oxygens (including phenoxy) is 1. The fraction of sp³-hybridized carbons (Fsp3) is 0.296. The number of carbonyl (C=O) groups is 1. The van der Waals surface area contributed by atoms with Gasteiger partial charge in [0, 0.05) is 6.54 Å². The summed E-state index contributed by atoms with van der Waals surface area (Å²) in [4.78, 5) is 13.3. The summed E-state index contributed by atoms with van der Waals surface area (Å²) in [6.07, 6.45) is 0.817. The van der Waals surface area contributed by atoms with E-state index in [1.807, 2.05) is 13.0 Å². The first-order valence-corrected chi connectivity index (χ1v) is 13.0. The maximum Gasteiger partial charge on any atom is 0.264 e. The predicted molar refractivity (Wildman–Crippen MR) is 134 cm³/mol. The van der Waals surface area contributed by atoms with Crippen LogP contribution in [0.5, 0.6) is 5.75 Å². The van der Waals surface area contributed by atoms with Gasteiger partial charge in [0.2, 0.25) is 0 Å². The number of nitrogens with zero attached hydrogens (tertiary/aromatic N) is 1. The number of hydrogen-bond acceptors (Lipinski definition) is 4. The summed E-state index contributed by atoms with van der Waals surface area (Å²) >= 11 is 0. The van der Waals surface area contributed by atoms with Gasteiger partial charge in [-0.2, -0.15) is 0 Å². The summed E-state index contributed by atoms with van der Waals surface area (Å²) in [6.45, 7) is 6.33. The van der Waals surface area contributed by atoms with E-state index in [9.17, 15) is 13.2 Å². The Hall–Kier alpha value is -3.32. The van der Waals surface area contributed by atoms with Crippen molar-refractivity contribution in [2.45, 2.75) is 51.2 Å². The third-order valence-corrected chi connectivity index (χ3v) is 7.91. The van der Waals surface area contributed by atoms with Crippen molar-refractivity contribution in [1.29, 1.82) is 0 Å². The Morgan fingerprint density at radius 3 is 2.47 bits per heavy atom. The van der Waals surface area contributed by atoms with E-state index < -0.39 is 16.1 Å². The van der Waals surface area contributed by atoms with Crippen LogP contribution < -0.4 is 14.4 Å². The molecule has 3 aromatic carbocycles. The molecule has 4 rings (SSSR count). The zero-order chi connectivity index (χ0) is 24.3. The largest absolute Gasteiger partial charge is 0.476 e. The molecule has 7 heteroatoms. The molecule has 0 unspecified atom stereocenters. The Morgan fingerprint density at radius 1 is 1.00 bits per heavy atom. The van der Waals surface area contributed by atoms with Crippen molar-refractivity contribution in [3.05, 3.63) is 89.0 Å². The molecular formula is C27H30N2O4S. The molecule has 178 valence electrons. The number of benzene rings is 3. The molecule has 1 N–H and O–H groups in total. The topological polar surface area (TPSA) is 75.7 Å². The molecule has 1 heterocycles. The number of aryl methyl sites for hydroxylation is 3. The molecule has 1 aliphatic heterocycles. The van der Waals surface area contributed by atoms with Gasteiger partial charge in [0.1, 0.15) is 5.75 Å². The molecule has 0 aromatic heterocycles. The van der Waals surface area contributed by atoms with Crippen molar-refractivity contribution < 1.29 is 17.9 Å². The minimum absolute atomic E-state index is 0.102. The molecular weight excluding hydrogens is 448 g/mol. The lowest BCUT2D eigenvalue weighted by Crippen LogP contribution is -2.50. The quantitative estimate of drug-likeness (QED) is 0.546. The van der Waals surface area contributed by atoms with Gasteiger partial charge in [-0.3, -0.25) is 9.10 Å². The second-order valence-electron chi connectivity index (χ2n) is 8.45. The van der Waals surface area contributed by atoms with Crippen LogP contribution in [0.2, 0.25) is 0 Å². The molecule has 0 spiro atoms. The van der Waals surface area contributed by atoms with Crippen molar-refractivity contribution in [3.8, 4) is 5.75 Å². The summed E-state index contributed by atoms with van der Waals surface area (Å²) in [6, 6.07) is 19.9. The molecule has 0 aliphatic carbocycles. The predicted octanol–water partition coefficient (Wildman–Crippen LogP) is 4.39. The lowest BCUT2D eigenvalue weighted by molar-refractivity contribution is -0.127. The van der Waals surface area contributed by atoms with Gasteiger partial charge in [-0.25, -0.2) is 8.42 Å². The van der Waals surface area contributed by atoms with E-state index in [1.54, 1.807) is 42.5 Å². The number of hydrogen-bond donors (Lipinski definition) is 1. The lowest BCUT2D eigenvalue weighted by Gasteiger charge is -2.35. The average Bonchev–Trinajstić information content (AvgIpc) is 2.86. The molecule has 3 aromatic rings. The van der Waals surface area contributed by atoms with Gasteiger partial charge in [0.15, 0.2) is 6.10 Å². The van der Waals surface area contributed by atoms with Crippen LogP contribution in [0.4, 0.5) is 5.69 Å². The van der Waals surface area contributed by atoms with Gasteiger partial charge in [-0.1, -0.05) is 56.3 Å². The standard InChI is InChI=1S/C27H30N2O4S/c1-4-20-12-13-21(5-2)22(16-20)17-28-27(30)26-18-29(24-15-19(3)11-14-25(24)33-26)34(31,32)23-9-7-6-8-10-23/h6-16,26H,4-5,17-18H2,1-3H3,(H,28,30)/t26-/m1/s1. The molecule has 0 saturated heterocycles. The van der Waals surface area contributed by atoms with Crippen LogP contribution in [-0.4, -0.2) is 27.0 Å². The molecule has 1 amide bonds. The second kappa shape index (κ2) is 9.89. The van der Waals surface area contributed by atoms with Crippen LogP contribution in [0.1, 0.15) is 36.1 Å².